The van der Waals surface area contributed by atoms with Crippen molar-refractivity contribution in [3.63, 3.8) is 0 Å². The third-order valence-corrected chi connectivity index (χ3v) is 7.31. The molecule has 1 aromatic heterocycles. The number of ether oxygens (including phenoxy) is 3. The molecule has 1 saturated carbocycles. The fourth-order valence-electron chi connectivity index (χ4n) is 4.64. The Morgan fingerprint density at radius 3 is 2.55 bits per heavy atom. The van der Waals surface area contributed by atoms with E-state index in [0.29, 0.717) is 39.6 Å². The van der Waals surface area contributed by atoms with E-state index in [4.69, 9.17) is 14.2 Å². The number of nitrogens with zero attached hydrogens (tertiary/aromatic N) is 1. The van der Waals surface area contributed by atoms with E-state index in [1.807, 2.05) is 0 Å². The van der Waals surface area contributed by atoms with E-state index in [1.165, 1.54) is 26.2 Å². The molecule has 0 spiro atoms. The number of nitrogens with one attached hydrogen (secondary N) is 2. The molecule has 40 heavy (non-hydrogen) atoms. The van der Waals surface area contributed by atoms with Gasteiger partial charge in [0.2, 0.25) is 5.91 Å². The summed E-state index contributed by atoms with van der Waals surface area (Å²) in [6.07, 6.45) is 2.17. The van der Waals surface area contributed by atoms with Gasteiger partial charge in [-0.3, -0.25) is 9.59 Å². The van der Waals surface area contributed by atoms with Crippen LogP contribution in [0.2, 0.25) is 0 Å². The lowest BCUT2D eigenvalue weighted by molar-refractivity contribution is -0.126. The predicted molar refractivity (Wildman–Crippen MR) is 145 cm³/mol. The van der Waals surface area contributed by atoms with Crippen LogP contribution in [-0.2, 0) is 15.8 Å². The second-order valence-corrected chi connectivity index (χ2v) is 10.6. The van der Waals surface area contributed by atoms with Crippen molar-refractivity contribution in [2.45, 2.75) is 43.8 Å². The van der Waals surface area contributed by atoms with Crippen molar-refractivity contribution in [2.75, 3.05) is 27.3 Å². The Bertz CT molecular complexity index is 1450. The summed E-state index contributed by atoms with van der Waals surface area (Å²) in [6.45, 7) is 3.16. The molecule has 2 atom stereocenters. The number of rotatable bonds is 9. The lowest BCUT2D eigenvalue weighted by Gasteiger charge is -2.26. The third kappa shape index (κ3) is 5.19. The van der Waals surface area contributed by atoms with Gasteiger partial charge in [0, 0.05) is 23.7 Å². The van der Waals surface area contributed by atoms with Crippen LogP contribution >= 0.6 is 0 Å². The minimum absolute atomic E-state index is 0.0719. The molecule has 9 nitrogen and oxygen atoms in total. The molecule has 3 N–H and O–H groups in total. The topological polar surface area (TPSA) is 119 Å². The van der Waals surface area contributed by atoms with E-state index in [0.717, 1.165) is 12.8 Å². The molecule has 210 valence electrons. The lowest BCUT2D eigenvalue weighted by Crippen LogP contribution is -2.42. The van der Waals surface area contributed by atoms with Crippen LogP contribution < -0.4 is 24.8 Å². The monoisotopic (exact) mass is 549 g/mol. The van der Waals surface area contributed by atoms with Crippen molar-refractivity contribution in [2.24, 2.45) is 0 Å². The maximum absolute atomic E-state index is 13.7. The maximum atomic E-state index is 13.7. The molecule has 1 aliphatic carbocycles. The number of fused-ring (bicyclic) bond motifs is 1. The first-order valence-electron chi connectivity index (χ1n) is 13.1. The van der Waals surface area contributed by atoms with E-state index in [2.05, 4.69) is 15.6 Å². The fraction of sp³-hybridized carbons (Fsp3) is 0.367. The molecule has 0 radical (unpaired) electrons. The van der Waals surface area contributed by atoms with E-state index in [-0.39, 0.29) is 30.9 Å². The second kappa shape index (κ2) is 10.4. The van der Waals surface area contributed by atoms with Gasteiger partial charge in [-0.15, -0.1) is 0 Å². The molecule has 2 aliphatic rings. The number of halogens is 1. The molecular weight excluding hydrogens is 517 g/mol. The lowest BCUT2D eigenvalue weighted by atomic mass is 9.82. The number of likely N-dealkylation sites (N-methyl/N-ethyl adjacent to an activating group) is 1. The van der Waals surface area contributed by atoms with E-state index in [1.54, 1.807) is 50.4 Å². The Morgan fingerprint density at radius 1 is 1.18 bits per heavy atom. The Morgan fingerprint density at radius 2 is 1.90 bits per heavy atom. The number of hydrogen-bond acceptors (Lipinski definition) is 7. The average molecular weight is 550 g/mol. The normalized spacial score (nSPS) is 19.1. The Kier molecular flexibility index (Phi) is 7.14. The number of benzene rings is 2. The highest BCUT2D eigenvalue weighted by Gasteiger charge is 2.45. The van der Waals surface area contributed by atoms with Gasteiger partial charge in [0.15, 0.2) is 11.5 Å². The van der Waals surface area contributed by atoms with Gasteiger partial charge in [-0.2, -0.15) is 0 Å². The SMILES string of the molecule is CNC(=O)[C@@]1(C)COc2c1cc([C@@](C)(O)CNC(=O)c1ccc(OC3CC3)c(OC)c1)nc2-c1ccc(F)cc1. The number of aromatic nitrogens is 1. The molecule has 5 rings (SSSR count). The zero-order chi connectivity index (χ0) is 28.7. The standard InChI is InChI=1S/C30H32FN3O6/c1-29(28(36)32-3)16-39-26-21(29)14-24(34-25(26)17-5-8-19(31)9-6-17)30(2,37)15-33-27(35)18-7-12-22(23(13-18)38-4)40-20-10-11-20/h5-9,12-14,20,37H,10-11,15-16H2,1-4H3,(H,32,36)(H,33,35)/t29-,30-/m0/s1. The molecule has 0 bridgehead atoms. The zero-order valence-electron chi connectivity index (χ0n) is 22.8. The molecule has 0 unspecified atom stereocenters. The largest absolute Gasteiger partial charge is 0.493 e. The summed E-state index contributed by atoms with van der Waals surface area (Å²) < 4.78 is 30.8. The van der Waals surface area contributed by atoms with Crippen LogP contribution in [0.15, 0.2) is 48.5 Å². The summed E-state index contributed by atoms with van der Waals surface area (Å²) in [6, 6.07) is 12.3. The molecule has 2 amide bonds. The van der Waals surface area contributed by atoms with Crippen molar-refractivity contribution in [3.8, 4) is 28.5 Å². The molecule has 1 fully saturated rings. The first-order valence-corrected chi connectivity index (χ1v) is 13.1. The van der Waals surface area contributed by atoms with E-state index >= 15 is 0 Å². The summed E-state index contributed by atoms with van der Waals surface area (Å²) in [5.41, 5.74) is -0.660. The Balaban J connectivity index is 1.44. The number of carbonyl (C=O) groups is 2. The van der Waals surface area contributed by atoms with Gasteiger partial charge in [0.25, 0.3) is 5.91 Å². The van der Waals surface area contributed by atoms with Gasteiger partial charge in [0.05, 0.1) is 25.5 Å². The van der Waals surface area contributed by atoms with Gasteiger partial charge in [-0.05, 0) is 75.2 Å². The molecule has 3 aromatic rings. The molecular formula is C30H32FN3O6. The van der Waals surface area contributed by atoms with Crippen LogP contribution in [-0.4, -0.2) is 55.3 Å². The third-order valence-electron chi connectivity index (χ3n) is 7.31. The summed E-state index contributed by atoms with van der Waals surface area (Å²) >= 11 is 0. The van der Waals surface area contributed by atoms with E-state index < -0.39 is 22.7 Å². The van der Waals surface area contributed by atoms with Gasteiger partial charge < -0.3 is 30.0 Å². The maximum Gasteiger partial charge on any atom is 0.251 e. The van der Waals surface area contributed by atoms with E-state index in [9.17, 15) is 19.1 Å². The number of amides is 2. The Labute approximate surface area is 231 Å². The van der Waals surface area contributed by atoms with Crippen molar-refractivity contribution < 1.29 is 33.3 Å². The number of carbonyl (C=O) groups excluding carboxylic acids is 2. The number of methoxy groups -OCH3 is 1. The minimum atomic E-state index is -1.63. The highest BCUT2D eigenvalue weighted by Crippen LogP contribution is 2.45. The molecule has 0 saturated heterocycles. The van der Waals surface area contributed by atoms with Crippen LogP contribution in [0.4, 0.5) is 4.39 Å². The molecule has 1 aliphatic heterocycles. The van der Waals surface area contributed by atoms with Gasteiger partial charge in [0.1, 0.15) is 34.9 Å². The van der Waals surface area contributed by atoms with Crippen molar-refractivity contribution in [1.82, 2.24) is 15.6 Å². The zero-order valence-corrected chi connectivity index (χ0v) is 22.8. The van der Waals surface area contributed by atoms with Gasteiger partial charge in [-0.25, -0.2) is 9.37 Å². The van der Waals surface area contributed by atoms with Crippen LogP contribution in [0.25, 0.3) is 11.3 Å². The highest BCUT2D eigenvalue weighted by atomic mass is 19.1. The van der Waals surface area contributed by atoms with Crippen molar-refractivity contribution >= 4 is 11.8 Å². The summed E-state index contributed by atoms with van der Waals surface area (Å²) in [5, 5.41) is 17.0. The van der Waals surface area contributed by atoms with Crippen LogP contribution in [0.1, 0.15) is 48.3 Å². The van der Waals surface area contributed by atoms with Crippen LogP contribution in [0, 0.1) is 5.82 Å². The summed E-state index contributed by atoms with van der Waals surface area (Å²) in [5.74, 6) is 0.321. The number of hydrogen-bond donors (Lipinski definition) is 3. The minimum Gasteiger partial charge on any atom is -0.493 e. The average Bonchev–Trinajstić information content (AvgIpc) is 3.71. The quantitative estimate of drug-likeness (QED) is 0.374. The molecule has 2 aromatic carbocycles. The highest BCUT2D eigenvalue weighted by molar-refractivity contribution is 5.95. The van der Waals surface area contributed by atoms with Crippen molar-refractivity contribution in [3.05, 3.63) is 71.2 Å². The van der Waals surface area contributed by atoms with Crippen LogP contribution in [0.5, 0.6) is 17.2 Å². The summed E-state index contributed by atoms with van der Waals surface area (Å²) in [4.78, 5) is 30.6. The molecule has 2 heterocycles. The van der Waals surface area contributed by atoms with Crippen molar-refractivity contribution in [1.29, 1.82) is 0 Å². The van der Waals surface area contributed by atoms with Crippen LogP contribution in [0.3, 0.4) is 0 Å². The van der Waals surface area contributed by atoms with Gasteiger partial charge in [-0.1, -0.05) is 0 Å². The predicted octanol–water partition coefficient (Wildman–Crippen LogP) is 3.47. The van der Waals surface area contributed by atoms with Gasteiger partial charge >= 0.3 is 0 Å². The number of pyridine rings is 1. The number of aliphatic hydroxyl groups is 1. The fourth-order valence-corrected chi connectivity index (χ4v) is 4.64. The smallest absolute Gasteiger partial charge is 0.251 e. The molecule has 10 heteroatoms. The Hall–Kier alpha value is -4.18. The second-order valence-electron chi connectivity index (χ2n) is 10.6. The first-order chi connectivity index (χ1) is 19.1. The summed E-state index contributed by atoms with van der Waals surface area (Å²) in [7, 11) is 3.05. The first kappa shape index (κ1) is 27.4.